The van der Waals surface area contributed by atoms with Crippen molar-refractivity contribution in [3.05, 3.63) is 89.5 Å². The summed E-state index contributed by atoms with van der Waals surface area (Å²) in [4.78, 5) is 12.8. The first-order valence-corrected chi connectivity index (χ1v) is 11.1. The molecule has 0 aliphatic rings. The summed E-state index contributed by atoms with van der Waals surface area (Å²) in [6, 6.07) is 15.1. The summed E-state index contributed by atoms with van der Waals surface area (Å²) >= 11 is 0. The maximum atomic E-state index is 13.5. The molecule has 32 heavy (non-hydrogen) atoms. The van der Waals surface area contributed by atoms with Crippen LogP contribution < -0.4 is 14.8 Å². The largest absolute Gasteiger partial charge is 0.495 e. The average molecular weight is 461 g/mol. The van der Waals surface area contributed by atoms with Crippen molar-refractivity contribution in [1.82, 2.24) is 4.72 Å². The van der Waals surface area contributed by atoms with Gasteiger partial charge in [0, 0.05) is 11.8 Å². The Bertz CT molecular complexity index is 1220. The van der Waals surface area contributed by atoms with Crippen molar-refractivity contribution in [2.24, 2.45) is 0 Å². The number of rotatable bonds is 8. The number of ether oxygens (including phenoxy) is 1. The van der Waals surface area contributed by atoms with Crippen LogP contribution in [0.5, 0.6) is 5.75 Å². The number of nitrogens with one attached hydrogen (secondary N) is 2. The summed E-state index contributed by atoms with van der Waals surface area (Å²) in [5.74, 6) is -2.79. The van der Waals surface area contributed by atoms with Gasteiger partial charge in [-0.2, -0.15) is 4.72 Å². The highest BCUT2D eigenvalue weighted by atomic mass is 32.2. The van der Waals surface area contributed by atoms with Gasteiger partial charge in [-0.3, -0.25) is 4.79 Å². The number of halogens is 2. The van der Waals surface area contributed by atoms with Crippen molar-refractivity contribution in [3.8, 4) is 5.75 Å². The van der Waals surface area contributed by atoms with Crippen molar-refractivity contribution >= 4 is 21.6 Å². The van der Waals surface area contributed by atoms with E-state index in [1.54, 1.807) is 43.3 Å². The SMILES string of the molecule is COc1ccc(C)cc1S(=O)(=O)NC(Cc1ccccc1)C(=O)Nc1ccc(F)c(F)c1. The Hall–Kier alpha value is -3.30. The van der Waals surface area contributed by atoms with Crippen LogP contribution in [0, 0.1) is 18.6 Å². The predicted molar refractivity (Wildman–Crippen MR) is 117 cm³/mol. The number of methoxy groups -OCH3 is 1. The Kier molecular flexibility index (Phi) is 7.22. The van der Waals surface area contributed by atoms with Gasteiger partial charge in [0.15, 0.2) is 11.6 Å². The maximum Gasteiger partial charge on any atom is 0.245 e. The number of hydrogen-bond donors (Lipinski definition) is 2. The van der Waals surface area contributed by atoms with Gasteiger partial charge in [-0.25, -0.2) is 17.2 Å². The molecule has 0 radical (unpaired) electrons. The lowest BCUT2D eigenvalue weighted by Crippen LogP contribution is -2.45. The summed E-state index contributed by atoms with van der Waals surface area (Å²) in [5.41, 5.74) is 1.40. The molecule has 9 heteroatoms. The van der Waals surface area contributed by atoms with Crippen LogP contribution in [0.3, 0.4) is 0 Å². The van der Waals surface area contributed by atoms with Crippen molar-refractivity contribution in [2.75, 3.05) is 12.4 Å². The van der Waals surface area contributed by atoms with Crippen LogP contribution in [0.15, 0.2) is 71.6 Å². The van der Waals surface area contributed by atoms with Gasteiger partial charge in [-0.1, -0.05) is 36.4 Å². The second-order valence-electron chi connectivity index (χ2n) is 7.14. The average Bonchev–Trinajstić information content (AvgIpc) is 2.76. The van der Waals surface area contributed by atoms with Crippen LogP contribution in [0.25, 0.3) is 0 Å². The van der Waals surface area contributed by atoms with Crippen LogP contribution in [-0.4, -0.2) is 27.5 Å². The van der Waals surface area contributed by atoms with Crippen LogP contribution in [0.4, 0.5) is 14.5 Å². The van der Waals surface area contributed by atoms with E-state index in [4.69, 9.17) is 4.74 Å². The lowest BCUT2D eigenvalue weighted by Gasteiger charge is -2.20. The van der Waals surface area contributed by atoms with Crippen LogP contribution in [0.1, 0.15) is 11.1 Å². The first-order chi connectivity index (χ1) is 15.2. The Balaban J connectivity index is 1.92. The summed E-state index contributed by atoms with van der Waals surface area (Å²) < 4.78 is 60.6. The minimum Gasteiger partial charge on any atom is -0.495 e. The monoisotopic (exact) mass is 460 g/mol. The molecule has 0 saturated heterocycles. The van der Waals surface area contributed by atoms with E-state index in [-0.39, 0.29) is 22.8 Å². The molecule has 6 nitrogen and oxygen atoms in total. The maximum absolute atomic E-state index is 13.5. The molecule has 2 N–H and O–H groups in total. The summed E-state index contributed by atoms with van der Waals surface area (Å²) in [7, 11) is -2.82. The molecule has 0 spiro atoms. The summed E-state index contributed by atoms with van der Waals surface area (Å²) in [6.45, 7) is 1.73. The normalized spacial score (nSPS) is 12.2. The molecule has 1 unspecified atom stereocenters. The van der Waals surface area contributed by atoms with E-state index < -0.39 is 33.6 Å². The van der Waals surface area contributed by atoms with Crippen LogP contribution in [-0.2, 0) is 21.2 Å². The predicted octanol–water partition coefficient (Wildman–Crippen LogP) is 3.81. The molecular weight excluding hydrogens is 438 g/mol. The van der Waals surface area contributed by atoms with Gasteiger partial charge in [0.25, 0.3) is 0 Å². The third-order valence-corrected chi connectivity index (χ3v) is 6.19. The quantitative estimate of drug-likeness (QED) is 0.536. The topological polar surface area (TPSA) is 84.5 Å². The van der Waals surface area contributed by atoms with E-state index in [1.165, 1.54) is 25.3 Å². The fraction of sp³-hybridized carbons (Fsp3) is 0.174. The van der Waals surface area contributed by atoms with Crippen LogP contribution in [0.2, 0.25) is 0 Å². The molecule has 3 aromatic carbocycles. The van der Waals surface area contributed by atoms with E-state index in [0.29, 0.717) is 11.1 Å². The lowest BCUT2D eigenvalue weighted by atomic mass is 10.1. The third kappa shape index (κ3) is 5.68. The van der Waals surface area contributed by atoms with Gasteiger partial charge in [0.2, 0.25) is 15.9 Å². The number of anilines is 1. The minimum absolute atomic E-state index is 0.000652. The van der Waals surface area contributed by atoms with Gasteiger partial charge in [0.1, 0.15) is 16.7 Å². The molecule has 0 fully saturated rings. The second-order valence-corrected chi connectivity index (χ2v) is 8.82. The number of hydrogen-bond acceptors (Lipinski definition) is 4. The molecule has 168 valence electrons. The minimum atomic E-state index is -4.17. The molecule has 0 bridgehead atoms. The highest BCUT2D eigenvalue weighted by Crippen LogP contribution is 2.25. The van der Waals surface area contributed by atoms with Crippen molar-refractivity contribution in [3.63, 3.8) is 0 Å². The fourth-order valence-electron chi connectivity index (χ4n) is 3.09. The van der Waals surface area contributed by atoms with Gasteiger partial charge in [-0.15, -0.1) is 0 Å². The number of carbonyl (C=O) groups excluding carboxylic acids is 1. The van der Waals surface area contributed by atoms with E-state index >= 15 is 0 Å². The number of carbonyl (C=O) groups is 1. The molecule has 0 aliphatic heterocycles. The zero-order valence-corrected chi connectivity index (χ0v) is 18.2. The van der Waals surface area contributed by atoms with E-state index in [1.807, 2.05) is 0 Å². The Morgan fingerprint density at radius 3 is 2.38 bits per heavy atom. The molecular formula is C23H22F2N2O4S. The Morgan fingerprint density at radius 1 is 1.00 bits per heavy atom. The Morgan fingerprint density at radius 2 is 1.72 bits per heavy atom. The lowest BCUT2D eigenvalue weighted by molar-refractivity contribution is -0.117. The molecule has 3 aromatic rings. The first-order valence-electron chi connectivity index (χ1n) is 9.66. The van der Waals surface area contributed by atoms with Gasteiger partial charge in [-0.05, 0) is 48.7 Å². The van der Waals surface area contributed by atoms with E-state index in [2.05, 4.69) is 10.0 Å². The molecule has 0 saturated carbocycles. The molecule has 0 heterocycles. The van der Waals surface area contributed by atoms with Gasteiger partial charge in [0.05, 0.1) is 7.11 Å². The molecule has 1 atom stereocenters. The fourth-order valence-corrected chi connectivity index (χ4v) is 4.53. The number of amides is 1. The molecule has 3 rings (SSSR count). The third-order valence-electron chi connectivity index (χ3n) is 4.69. The Labute approximate surface area is 185 Å². The van der Waals surface area contributed by atoms with E-state index in [0.717, 1.165) is 12.1 Å². The number of aryl methyl sites for hydroxylation is 1. The molecule has 0 aromatic heterocycles. The highest BCUT2D eigenvalue weighted by molar-refractivity contribution is 7.89. The van der Waals surface area contributed by atoms with Crippen molar-refractivity contribution < 1.29 is 26.7 Å². The summed E-state index contributed by atoms with van der Waals surface area (Å²) in [6.07, 6.45) is 0.0315. The highest BCUT2D eigenvalue weighted by Gasteiger charge is 2.28. The van der Waals surface area contributed by atoms with Crippen molar-refractivity contribution in [2.45, 2.75) is 24.3 Å². The second kappa shape index (κ2) is 9.88. The number of benzene rings is 3. The van der Waals surface area contributed by atoms with E-state index in [9.17, 15) is 22.0 Å². The zero-order chi connectivity index (χ0) is 23.3. The van der Waals surface area contributed by atoms with Gasteiger partial charge >= 0.3 is 0 Å². The molecule has 1 amide bonds. The van der Waals surface area contributed by atoms with Crippen molar-refractivity contribution in [1.29, 1.82) is 0 Å². The van der Waals surface area contributed by atoms with Crippen LogP contribution >= 0.6 is 0 Å². The van der Waals surface area contributed by atoms with Gasteiger partial charge < -0.3 is 10.1 Å². The standard InChI is InChI=1S/C23H22F2N2O4S/c1-15-8-11-21(31-2)22(12-15)32(29,30)27-20(13-16-6-4-3-5-7-16)23(28)26-17-9-10-18(24)19(25)14-17/h3-12,14,20,27H,13H2,1-2H3,(H,26,28). The first kappa shape index (κ1) is 23.4. The summed E-state index contributed by atoms with van der Waals surface area (Å²) in [5, 5.41) is 2.44. The smallest absolute Gasteiger partial charge is 0.245 e. The molecule has 0 aliphatic carbocycles. The zero-order valence-electron chi connectivity index (χ0n) is 17.4. The number of sulfonamides is 1.